The highest BCUT2D eigenvalue weighted by atomic mass is 32.3. The molecule has 0 bridgehead atoms. The first-order valence-corrected chi connectivity index (χ1v) is 10.5. The Labute approximate surface area is 145 Å². The predicted molar refractivity (Wildman–Crippen MR) is 92.5 cm³/mol. The maximum atomic E-state index is 12.7. The van der Waals surface area contributed by atoms with E-state index in [1.54, 1.807) is 18.2 Å². The van der Waals surface area contributed by atoms with Crippen molar-refractivity contribution in [2.45, 2.75) is 49.0 Å². The maximum Gasteiger partial charge on any atom is 0.216 e. The lowest BCUT2D eigenvalue weighted by molar-refractivity contribution is 0.0961. The van der Waals surface area contributed by atoms with Crippen molar-refractivity contribution in [2.24, 2.45) is 5.92 Å². The van der Waals surface area contributed by atoms with Crippen molar-refractivity contribution in [3.8, 4) is 5.75 Å². The van der Waals surface area contributed by atoms with Crippen LogP contribution in [0.4, 0.5) is 0 Å². The quantitative estimate of drug-likeness (QED) is 0.833. The van der Waals surface area contributed by atoms with Gasteiger partial charge in [-0.05, 0) is 43.7 Å². The predicted octanol–water partition coefficient (Wildman–Crippen LogP) is 2.60. The number of ether oxygens (including phenoxy) is 1. The van der Waals surface area contributed by atoms with Gasteiger partial charge in [0.05, 0.1) is 5.54 Å². The lowest BCUT2D eigenvalue weighted by Crippen LogP contribution is -2.59. The molecule has 5 nitrogen and oxygen atoms in total. The summed E-state index contributed by atoms with van der Waals surface area (Å²) in [5.74, 6) is 1.31. The molecule has 1 aromatic carbocycles. The summed E-state index contributed by atoms with van der Waals surface area (Å²) in [6.07, 6.45) is 7.07. The summed E-state index contributed by atoms with van der Waals surface area (Å²) in [7, 11) is -3.52. The van der Waals surface area contributed by atoms with Gasteiger partial charge in [0.2, 0.25) is 4.90 Å². The van der Waals surface area contributed by atoms with Gasteiger partial charge in [0.15, 0.2) is 16.1 Å². The first-order valence-electron chi connectivity index (χ1n) is 9.05. The zero-order valence-electron chi connectivity index (χ0n) is 14.0. The van der Waals surface area contributed by atoms with Crippen LogP contribution in [-0.2, 0) is 14.6 Å². The van der Waals surface area contributed by atoms with E-state index in [2.05, 4.69) is 9.62 Å². The molecule has 1 atom stereocenters. The second-order valence-electron chi connectivity index (χ2n) is 7.57. The van der Waals surface area contributed by atoms with Gasteiger partial charge in [-0.15, -0.1) is 4.72 Å². The van der Waals surface area contributed by atoms with E-state index >= 15 is 0 Å². The summed E-state index contributed by atoms with van der Waals surface area (Å²) < 4.78 is 34.3. The largest absolute Gasteiger partial charge is 0.593 e. The van der Waals surface area contributed by atoms with Crippen LogP contribution in [0.3, 0.4) is 0 Å². The molecular formula is C18H26N2O3S. The van der Waals surface area contributed by atoms with Gasteiger partial charge >= 0.3 is 0 Å². The first kappa shape index (κ1) is 16.5. The molecule has 0 radical (unpaired) electrons. The van der Waals surface area contributed by atoms with E-state index in [-0.39, 0.29) is 4.90 Å². The van der Waals surface area contributed by atoms with Gasteiger partial charge in [-0.2, -0.15) is 0 Å². The number of nitrogens with zero attached hydrogens (tertiary/aromatic N) is 1. The number of para-hydroxylation sites is 1. The van der Waals surface area contributed by atoms with Crippen molar-refractivity contribution in [3.63, 3.8) is 0 Å². The van der Waals surface area contributed by atoms with Crippen molar-refractivity contribution in [1.29, 1.82) is 0 Å². The third-order valence-electron chi connectivity index (χ3n) is 5.80. The third-order valence-corrected chi connectivity index (χ3v) is 7.42. The fourth-order valence-electron chi connectivity index (χ4n) is 4.34. The van der Waals surface area contributed by atoms with E-state index in [1.165, 1.54) is 32.2 Å². The molecule has 2 aliphatic heterocycles. The highest BCUT2D eigenvalue weighted by molar-refractivity contribution is 7.96. The smallest absolute Gasteiger partial charge is 0.216 e. The number of likely N-dealkylation sites (tertiary alicyclic amines) is 1. The van der Waals surface area contributed by atoms with Gasteiger partial charge in [0, 0.05) is 19.6 Å². The Bertz CT molecular complexity index is 637. The molecule has 4 rings (SSSR count). The lowest BCUT2D eigenvalue weighted by atomic mass is 9.89. The zero-order chi connectivity index (χ0) is 16.6. The minimum atomic E-state index is -3.52. The van der Waals surface area contributed by atoms with Gasteiger partial charge < -0.3 is 14.2 Å². The Balaban J connectivity index is 1.45. The first-order chi connectivity index (χ1) is 11.6. The SMILES string of the molecule is O=[S+]1([O-])NC2(CCN(CC3CCCC3)CC2)COc2ccccc21. The molecule has 1 saturated carbocycles. The standard InChI is InChI=1S/C18H26N2O3S/c21-24(22)17-8-4-3-7-16(17)23-14-18(19-24)9-11-20(12-10-18)13-15-5-1-2-6-15/h3-4,7-8,15H,1-2,5-6,9-14H2,(H-,19,21,22). The number of fused-ring (bicyclic) bond motifs is 1. The number of benzene rings is 1. The maximum absolute atomic E-state index is 12.7. The van der Waals surface area contributed by atoms with Crippen molar-refractivity contribution in [2.75, 3.05) is 26.2 Å². The second kappa shape index (κ2) is 6.41. The number of nitrogens with one attached hydrogen (secondary N) is 1. The average molecular weight is 350 g/mol. The summed E-state index contributed by atoms with van der Waals surface area (Å²) in [5, 5.41) is 0. The Morgan fingerprint density at radius 2 is 1.96 bits per heavy atom. The Morgan fingerprint density at radius 1 is 1.25 bits per heavy atom. The van der Waals surface area contributed by atoms with Crippen LogP contribution < -0.4 is 9.46 Å². The minimum Gasteiger partial charge on any atom is -0.593 e. The van der Waals surface area contributed by atoms with E-state index in [9.17, 15) is 8.76 Å². The molecule has 132 valence electrons. The number of rotatable bonds is 2. The van der Waals surface area contributed by atoms with Crippen LogP contribution >= 0.6 is 0 Å². The normalized spacial score (nSPS) is 30.7. The molecule has 2 heterocycles. The van der Waals surface area contributed by atoms with Crippen molar-refractivity contribution in [3.05, 3.63) is 24.3 Å². The highest BCUT2D eigenvalue weighted by Crippen LogP contribution is 2.36. The van der Waals surface area contributed by atoms with Crippen molar-refractivity contribution < 1.29 is 13.5 Å². The molecule has 1 spiro atoms. The molecule has 6 heteroatoms. The van der Waals surface area contributed by atoms with E-state index < -0.39 is 15.9 Å². The molecule has 0 amide bonds. The minimum absolute atomic E-state index is 0.260. The topological polar surface area (TPSA) is 64.6 Å². The molecule has 1 aliphatic carbocycles. The number of sulfonamides is 1. The number of piperidine rings is 1. The van der Waals surface area contributed by atoms with Gasteiger partial charge in [-0.1, -0.05) is 29.2 Å². The molecule has 3 aliphatic rings. The molecule has 1 saturated heterocycles. The van der Waals surface area contributed by atoms with Crippen LogP contribution in [0.25, 0.3) is 0 Å². The average Bonchev–Trinajstić information content (AvgIpc) is 3.05. The molecule has 2 fully saturated rings. The van der Waals surface area contributed by atoms with E-state index in [0.717, 1.165) is 31.8 Å². The van der Waals surface area contributed by atoms with Crippen LogP contribution in [0.1, 0.15) is 38.5 Å². The fraction of sp³-hybridized carbons (Fsp3) is 0.667. The van der Waals surface area contributed by atoms with Crippen LogP contribution in [-0.4, -0.2) is 41.2 Å². The van der Waals surface area contributed by atoms with Crippen LogP contribution in [0.2, 0.25) is 0 Å². The molecular weight excluding hydrogens is 324 g/mol. The Morgan fingerprint density at radius 3 is 2.71 bits per heavy atom. The number of hydrogen-bond acceptors (Lipinski definition) is 4. The van der Waals surface area contributed by atoms with Crippen LogP contribution in [0.15, 0.2) is 29.2 Å². The number of hydrogen-bond donors (Lipinski definition) is 1. The van der Waals surface area contributed by atoms with E-state index in [4.69, 9.17) is 4.74 Å². The molecule has 1 N–H and O–H groups in total. The van der Waals surface area contributed by atoms with Gasteiger partial charge in [0.1, 0.15) is 6.61 Å². The summed E-state index contributed by atoms with van der Waals surface area (Å²) in [4.78, 5) is 2.77. The molecule has 1 unspecified atom stereocenters. The van der Waals surface area contributed by atoms with Crippen LogP contribution in [0, 0.1) is 5.92 Å². The Hall–Kier alpha value is -0.950. The third kappa shape index (κ3) is 3.25. The summed E-state index contributed by atoms with van der Waals surface area (Å²) in [6.45, 7) is 3.47. The zero-order valence-corrected chi connectivity index (χ0v) is 14.9. The lowest BCUT2D eigenvalue weighted by Gasteiger charge is -2.41. The summed E-state index contributed by atoms with van der Waals surface area (Å²) >= 11 is 0. The summed E-state index contributed by atoms with van der Waals surface area (Å²) in [6, 6.07) is 6.91. The molecule has 1 aromatic rings. The molecule has 0 aromatic heterocycles. The Kier molecular flexibility index (Phi) is 4.41. The fourth-order valence-corrected chi connectivity index (χ4v) is 5.94. The van der Waals surface area contributed by atoms with Crippen LogP contribution in [0.5, 0.6) is 5.75 Å². The van der Waals surface area contributed by atoms with E-state index in [1.807, 2.05) is 6.07 Å². The van der Waals surface area contributed by atoms with Crippen molar-refractivity contribution in [1.82, 2.24) is 9.62 Å². The monoisotopic (exact) mass is 350 g/mol. The van der Waals surface area contributed by atoms with Gasteiger partial charge in [-0.3, -0.25) is 0 Å². The van der Waals surface area contributed by atoms with E-state index in [0.29, 0.717) is 12.4 Å². The second-order valence-corrected chi connectivity index (χ2v) is 9.22. The van der Waals surface area contributed by atoms with Gasteiger partial charge in [-0.25, -0.2) is 0 Å². The molecule has 24 heavy (non-hydrogen) atoms. The highest BCUT2D eigenvalue weighted by Gasteiger charge is 2.45. The summed E-state index contributed by atoms with van der Waals surface area (Å²) in [5.41, 5.74) is -0.468. The van der Waals surface area contributed by atoms with Gasteiger partial charge in [0.25, 0.3) is 0 Å². The van der Waals surface area contributed by atoms with Crippen molar-refractivity contribution >= 4 is 10.4 Å².